The molecule has 130 valence electrons. The number of benzene rings is 1. The predicted molar refractivity (Wildman–Crippen MR) is 92.3 cm³/mol. The van der Waals surface area contributed by atoms with Crippen molar-refractivity contribution in [1.82, 2.24) is 5.32 Å². The molecule has 23 heavy (non-hydrogen) atoms. The van der Waals surface area contributed by atoms with E-state index in [0.717, 1.165) is 12.8 Å². The van der Waals surface area contributed by atoms with Crippen molar-refractivity contribution in [1.29, 1.82) is 0 Å². The molecule has 4 nitrogen and oxygen atoms in total. The SMILES string of the molecule is CCC(CC)(CN)NC(=O)CC(C)C(=O)c1cccc(F)c1.Cl. The van der Waals surface area contributed by atoms with Crippen molar-refractivity contribution in [3.8, 4) is 0 Å². The van der Waals surface area contributed by atoms with Gasteiger partial charge in [-0.2, -0.15) is 0 Å². The second-order valence-corrected chi connectivity index (χ2v) is 5.72. The van der Waals surface area contributed by atoms with Gasteiger partial charge in [0.1, 0.15) is 5.82 Å². The Morgan fingerprint density at radius 1 is 1.30 bits per heavy atom. The van der Waals surface area contributed by atoms with E-state index < -0.39 is 17.3 Å². The monoisotopic (exact) mass is 344 g/mol. The summed E-state index contributed by atoms with van der Waals surface area (Å²) in [6.07, 6.45) is 1.53. The molecule has 0 aliphatic rings. The summed E-state index contributed by atoms with van der Waals surface area (Å²) >= 11 is 0. The fourth-order valence-electron chi connectivity index (χ4n) is 2.41. The topological polar surface area (TPSA) is 72.2 Å². The lowest BCUT2D eigenvalue weighted by Gasteiger charge is -2.31. The van der Waals surface area contributed by atoms with Gasteiger partial charge in [0, 0.05) is 24.4 Å². The summed E-state index contributed by atoms with van der Waals surface area (Å²) < 4.78 is 13.2. The Morgan fingerprint density at radius 2 is 1.91 bits per heavy atom. The number of hydrogen-bond donors (Lipinski definition) is 2. The first-order valence-electron chi connectivity index (χ1n) is 7.68. The van der Waals surface area contributed by atoms with Crippen molar-refractivity contribution in [3.05, 3.63) is 35.6 Å². The van der Waals surface area contributed by atoms with E-state index in [4.69, 9.17) is 5.73 Å². The van der Waals surface area contributed by atoms with Gasteiger partial charge in [0.05, 0.1) is 5.54 Å². The number of halogens is 2. The van der Waals surface area contributed by atoms with E-state index >= 15 is 0 Å². The predicted octanol–water partition coefficient (Wildman–Crippen LogP) is 3.09. The molecule has 3 N–H and O–H groups in total. The molecule has 1 aromatic carbocycles. The van der Waals surface area contributed by atoms with Crippen molar-refractivity contribution < 1.29 is 14.0 Å². The third-order valence-electron chi connectivity index (χ3n) is 4.20. The highest BCUT2D eigenvalue weighted by Gasteiger charge is 2.28. The summed E-state index contributed by atoms with van der Waals surface area (Å²) in [5.74, 6) is -1.40. The third kappa shape index (κ3) is 5.92. The van der Waals surface area contributed by atoms with Crippen LogP contribution < -0.4 is 11.1 Å². The summed E-state index contributed by atoms with van der Waals surface area (Å²) in [6.45, 7) is 5.97. The lowest BCUT2D eigenvalue weighted by molar-refractivity contribution is -0.123. The Morgan fingerprint density at radius 3 is 2.39 bits per heavy atom. The van der Waals surface area contributed by atoms with Crippen molar-refractivity contribution in [2.75, 3.05) is 6.54 Å². The van der Waals surface area contributed by atoms with Gasteiger partial charge in [-0.25, -0.2) is 4.39 Å². The standard InChI is InChI=1S/C17H25FN2O2.ClH/c1-4-17(5-2,11-19)20-15(21)9-12(3)16(22)13-7-6-8-14(18)10-13;/h6-8,10,12H,4-5,9,11,19H2,1-3H3,(H,20,21);1H. The van der Waals surface area contributed by atoms with Crippen LogP contribution in [0.4, 0.5) is 4.39 Å². The lowest BCUT2D eigenvalue weighted by Crippen LogP contribution is -2.53. The van der Waals surface area contributed by atoms with Gasteiger partial charge in [-0.3, -0.25) is 9.59 Å². The zero-order valence-corrected chi connectivity index (χ0v) is 14.7. The number of carbonyl (C=O) groups excluding carboxylic acids is 2. The molecule has 6 heteroatoms. The first kappa shape index (κ1) is 21.5. The largest absolute Gasteiger partial charge is 0.349 e. The molecule has 1 atom stereocenters. The zero-order chi connectivity index (χ0) is 16.8. The molecular weight excluding hydrogens is 319 g/mol. The van der Waals surface area contributed by atoms with Crippen LogP contribution in [0.2, 0.25) is 0 Å². The zero-order valence-electron chi connectivity index (χ0n) is 13.9. The second kappa shape index (κ2) is 9.63. The molecule has 0 saturated carbocycles. The Bertz CT molecular complexity index is 525. The molecule has 0 fully saturated rings. The Labute approximate surface area is 143 Å². The minimum Gasteiger partial charge on any atom is -0.349 e. The van der Waals surface area contributed by atoms with Crippen LogP contribution in [-0.2, 0) is 4.79 Å². The average molecular weight is 345 g/mol. The molecule has 0 aromatic heterocycles. The third-order valence-corrected chi connectivity index (χ3v) is 4.20. The number of ketones is 1. The highest BCUT2D eigenvalue weighted by atomic mass is 35.5. The normalized spacial score (nSPS) is 12.2. The number of Topliss-reactive ketones (excluding diaryl/α,β-unsaturated/α-hetero) is 1. The van der Waals surface area contributed by atoms with Crippen LogP contribution in [-0.4, -0.2) is 23.8 Å². The van der Waals surface area contributed by atoms with Crippen LogP contribution >= 0.6 is 12.4 Å². The molecule has 0 aliphatic carbocycles. The van der Waals surface area contributed by atoms with Crippen LogP contribution in [0.15, 0.2) is 24.3 Å². The summed E-state index contributed by atoms with van der Waals surface area (Å²) in [5, 5.41) is 2.94. The summed E-state index contributed by atoms with van der Waals surface area (Å²) in [4.78, 5) is 24.4. The van der Waals surface area contributed by atoms with Crippen molar-refractivity contribution >= 4 is 24.1 Å². The van der Waals surface area contributed by atoms with Gasteiger partial charge in [0.25, 0.3) is 0 Å². The number of hydrogen-bond acceptors (Lipinski definition) is 3. The van der Waals surface area contributed by atoms with Gasteiger partial charge in [0.15, 0.2) is 5.78 Å². The van der Waals surface area contributed by atoms with E-state index in [0.29, 0.717) is 6.54 Å². The molecule has 0 heterocycles. The van der Waals surface area contributed by atoms with Gasteiger partial charge in [-0.15, -0.1) is 12.4 Å². The highest BCUT2D eigenvalue weighted by molar-refractivity contribution is 5.99. The van der Waals surface area contributed by atoms with Crippen LogP contribution in [0.25, 0.3) is 0 Å². The molecule has 0 bridgehead atoms. The van der Waals surface area contributed by atoms with E-state index in [1.165, 1.54) is 18.2 Å². The van der Waals surface area contributed by atoms with Gasteiger partial charge in [-0.05, 0) is 25.0 Å². The quantitative estimate of drug-likeness (QED) is 0.712. The van der Waals surface area contributed by atoms with E-state index in [1.807, 2.05) is 13.8 Å². The van der Waals surface area contributed by atoms with Gasteiger partial charge < -0.3 is 11.1 Å². The van der Waals surface area contributed by atoms with Gasteiger partial charge in [-0.1, -0.05) is 32.9 Å². The Hall–Kier alpha value is -1.46. The molecule has 1 amide bonds. The van der Waals surface area contributed by atoms with Crippen LogP contribution in [0.3, 0.4) is 0 Å². The smallest absolute Gasteiger partial charge is 0.221 e. The van der Waals surface area contributed by atoms with E-state index in [-0.39, 0.29) is 36.1 Å². The van der Waals surface area contributed by atoms with Crippen molar-refractivity contribution in [2.45, 2.75) is 45.6 Å². The number of nitrogens with one attached hydrogen (secondary N) is 1. The number of amides is 1. The minimum atomic E-state index is -0.508. The Kier molecular flexibility index (Phi) is 9.02. The van der Waals surface area contributed by atoms with Gasteiger partial charge in [0.2, 0.25) is 5.91 Å². The van der Waals surface area contributed by atoms with Gasteiger partial charge >= 0.3 is 0 Å². The molecule has 0 saturated heterocycles. The number of nitrogens with two attached hydrogens (primary N) is 1. The van der Waals surface area contributed by atoms with Crippen molar-refractivity contribution in [2.24, 2.45) is 11.7 Å². The minimum absolute atomic E-state index is 0. The summed E-state index contributed by atoms with van der Waals surface area (Å²) in [6, 6.07) is 5.52. The molecule has 1 aromatic rings. The molecule has 0 spiro atoms. The fraction of sp³-hybridized carbons (Fsp3) is 0.529. The number of rotatable bonds is 8. The van der Waals surface area contributed by atoms with E-state index in [2.05, 4.69) is 5.32 Å². The fourth-order valence-corrected chi connectivity index (χ4v) is 2.41. The Balaban J connectivity index is 0.00000484. The average Bonchev–Trinajstić information content (AvgIpc) is 2.52. The van der Waals surface area contributed by atoms with E-state index in [9.17, 15) is 14.0 Å². The lowest BCUT2D eigenvalue weighted by atomic mass is 9.91. The van der Waals surface area contributed by atoms with Crippen LogP contribution in [0.5, 0.6) is 0 Å². The van der Waals surface area contributed by atoms with E-state index in [1.54, 1.807) is 13.0 Å². The highest BCUT2D eigenvalue weighted by Crippen LogP contribution is 2.17. The molecule has 0 aliphatic heterocycles. The first-order chi connectivity index (χ1) is 10.4. The molecule has 1 unspecified atom stereocenters. The maximum atomic E-state index is 13.2. The molecule has 1 rings (SSSR count). The maximum Gasteiger partial charge on any atom is 0.221 e. The maximum absolute atomic E-state index is 13.2. The molecule has 0 radical (unpaired) electrons. The molecular formula is C17H26ClFN2O2. The first-order valence-corrected chi connectivity index (χ1v) is 7.68. The summed E-state index contributed by atoms with van der Waals surface area (Å²) in [7, 11) is 0. The van der Waals surface area contributed by atoms with Crippen LogP contribution in [0, 0.1) is 11.7 Å². The number of carbonyl (C=O) groups is 2. The second-order valence-electron chi connectivity index (χ2n) is 5.72. The van der Waals surface area contributed by atoms with Crippen molar-refractivity contribution in [3.63, 3.8) is 0 Å². The van der Waals surface area contributed by atoms with Crippen LogP contribution in [0.1, 0.15) is 50.4 Å². The summed E-state index contributed by atoms with van der Waals surface area (Å²) in [5.41, 5.74) is 5.62.